The summed E-state index contributed by atoms with van der Waals surface area (Å²) in [6, 6.07) is 9.22. The number of hydrogen-bond donors (Lipinski definition) is 1. The van der Waals surface area contributed by atoms with E-state index in [4.69, 9.17) is 27.9 Å². The Balaban J connectivity index is 2.16. The Hall–Kier alpha value is -1.29. The Labute approximate surface area is 126 Å². The van der Waals surface area contributed by atoms with Gasteiger partial charge in [-0.2, -0.15) is 0 Å². The molecule has 1 N–H and O–H groups in total. The second kappa shape index (κ2) is 6.44. The molecule has 5 heteroatoms. The summed E-state index contributed by atoms with van der Waals surface area (Å²) in [5.41, 5.74) is 1.24. The lowest BCUT2D eigenvalue weighted by Gasteiger charge is -2.14. The van der Waals surface area contributed by atoms with Gasteiger partial charge in [-0.15, -0.1) is 0 Å². The van der Waals surface area contributed by atoms with E-state index in [1.54, 1.807) is 25.1 Å². The SMILES string of the molecule is CC(O)c1cc(F)ccc1OCc1ccc(Cl)c(Cl)c1. The Morgan fingerprint density at radius 2 is 1.90 bits per heavy atom. The first-order chi connectivity index (χ1) is 9.47. The van der Waals surface area contributed by atoms with Crippen molar-refractivity contribution in [3.63, 3.8) is 0 Å². The summed E-state index contributed by atoms with van der Waals surface area (Å²) >= 11 is 11.8. The van der Waals surface area contributed by atoms with E-state index in [1.807, 2.05) is 0 Å². The molecule has 0 spiro atoms. The van der Waals surface area contributed by atoms with Crippen molar-refractivity contribution < 1.29 is 14.2 Å². The largest absolute Gasteiger partial charge is 0.489 e. The highest BCUT2D eigenvalue weighted by Crippen LogP contribution is 2.28. The number of rotatable bonds is 4. The van der Waals surface area contributed by atoms with Gasteiger partial charge in [0.1, 0.15) is 18.2 Å². The van der Waals surface area contributed by atoms with Gasteiger partial charge in [0.15, 0.2) is 0 Å². The van der Waals surface area contributed by atoms with Gasteiger partial charge in [-0.05, 0) is 42.8 Å². The molecule has 2 aromatic rings. The number of ether oxygens (including phenoxy) is 1. The standard InChI is InChI=1S/C15H13Cl2FO2/c1-9(19)12-7-11(18)3-5-15(12)20-8-10-2-4-13(16)14(17)6-10/h2-7,9,19H,8H2,1H3. The maximum atomic E-state index is 13.2. The van der Waals surface area contributed by atoms with Crippen molar-refractivity contribution in [3.8, 4) is 5.75 Å². The number of aliphatic hydroxyl groups is 1. The Bertz CT molecular complexity index is 615. The maximum absolute atomic E-state index is 13.2. The third-order valence-corrected chi connectivity index (χ3v) is 3.54. The number of aliphatic hydroxyl groups excluding tert-OH is 1. The minimum atomic E-state index is -0.811. The van der Waals surface area contributed by atoms with E-state index in [0.29, 0.717) is 21.4 Å². The monoisotopic (exact) mass is 314 g/mol. The summed E-state index contributed by atoms with van der Waals surface area (Å²) in [5.74, 6) is 0.0234. The molecular weight excluding hydrogens is 302 g/mol. The van der Waals surface area contributed by atoms with Crippen LogP contribution in [-0.2, 0) is 6.61 Å². The van der Waals surface area contributed by atoms with Crippen LogP contribution in [0.25, 0.3) is 0 Å². The molecule has 0 aliphatic heterocycles. The zero-order valence-electron chi connectivity index (χ0n) is 10.7. The van der Waals surface area contributed by atoms with Crippen LogP contribution in [0.5, 0.6) is 5.75 Å². The molecule has 0 amide bonds. The Kier molecular flexibility index (Phi) is 4.86. The van der Waals surface area contributed by atoms with Crippen LogP contribution < -0.4 is 4.74 Å². The average Bonchev–Trinajstić information content (AvgIpc) is 2.41. The lowest BCUT2D eigenvalue weighted by atomic mass is 10.1. The zero-order valence-corrected chi connectivity index (χ0v) is 12.2. The van der Waals surface area contributed by atoms with Gasteiger partial charge >= 0.3 is 0 Å². The molecule has 0 fully saturated rings. The molecular formula is C15H13Cl2FO2. The smallest absolute Gasteiger partial charge is 0.125 e. The Morgan fingerprint density at radius 1 is 1.15 bits per heavy atom. The van der Waals surface area contributed by atoms with Crippen LogP contribution in [0.2, 0.25) is 10.0 Å². The van der Waals surface area contributed by atoms with E-state index < -0.39 is 11.9 Å². The molecule has 1 unspecified atom stereocenters. The van der Waals surface area contributed by atoms with Crippen molar-refractivity contribution in [2.45, 2.75) is 19.6 Å². The van der Waals surface area contributed by atoms with Crippen molar-refractivity contribution in [2.24, 2.45) is 0 Å². The molecule has 20 heavy (non-hydrogen) atoms. The molecule has 0 aliphatic rings. The normalized spacial score (nSPS) is 12.2. The van der Waals surface area contributed by atoms with Gasteiger partial charge in [0.05, 0.1) is 16.1 Å². The van der Waals surface area contributed by atoms with E-state index >= 15 is 0 Å². The second-order valence-corrected chi connectivity index (χ2v) is 5.21. The van der Waals surface area contributed by atoms with Gasteiger partial charge in [-0.3, -0.25) is 0 Å². The van der Waals surface area contributed by atoms with Gasteiger partial charge in [-0.1, -0.05) is 29.3 Å². The van der Waals surface area contributed by atoms with Crippen LogP contribution >= 0.6 is 23.2 Å². The fourth-order valence-electron chi connectivity index (χ4n) is 1.77. The molecule has 0 radical (unpaired) electrons. The van der Waals surface area contributed by atoms with Gasteiger partial charge < -0.3 is 9.84 Å². The molecule has 106 valence electrons. The van der Waals surface area contributed by atoms with Crippen molar-refractivity contribution in [3.05, 3.63) is 63.4 Å². The molecule has 0 aliphatic carbocycles. The number of benzene rings is 2. The first kappa shape index (κ1) is 15.1. The number of hydrogen-bond acceptors (Lipinski definition) is 2. The van der Waals surface area contributed by atoms with Crippen LogP contribution in [0.1, 0.15) is 24.2 Å². The molecule has 0 saturated heterocycles. The van der Waals surface area contributed by atoms with Crippen molar-refractivity contribution >= 4 is 23.2 Å². The third-order valence-electron chi connectivity index (χ3n) is 2.80. The molecule has 0 aromatic heterocycles. The predicted octanol–water partition coefficient (Wildman–Crippen LogP) is 4.76. The van der Waals surface area contributed by atoms with E-state index in [9.17, 15) is 9.50 Å². The molecule has 0 saturated carbocycles. The summed E-state index contributed by atoms with van der Waals surface area (Å²) in [6.07, 6.45) is -0.811. The molecule has 2 nitrogen and oxygen atoms in total. The van der Waals surface area contributed by atoms with Gasteiger partial charge in [0, 0.05) is 5.56 Å². The van der Waals surface area contributed by atoms with Crippen LogP contribution in [0.15, 0.2) is 36.4 Å². The first-order valence-electron chi connectivity index (χ1n) is 6.01. The van der Waals surface area contributed by atoms with Crippen LogP contribution in [0, 0.1) is 5.82 Å². The van der Waals surface area contributed by atoms with Crippen molar-refractivity contribution in [2.75, 3.05) is 0 Å². The summed E-state index contributed by atoms with van der Waals surface area (Å²) in [5, 5.41) is 10.5. The summed E-state index contributed by atoms with van der Waals surface area (Å²) in [7, 11) is 0. The predicted molar refractivity (Wildman–Crippen MR) is 77.8 cm³/mol. The minimum Gasteiger partial charge on any atom is -0.489 e. The van der Waals surface area contributed by atoms with Crippen molar-refractivity contribution in [1.29, 1.82) is 0 Å². The minimum absolute atomic E-state index is 0.252. The molecule has 1 atom stereocenters. The van der Waals surface area contributed by atoms with Gasteiger partial charge in [0.2, 0.25) is 0 Å². The Morgan fingerprint density at radius 3 is 2.55 bits per heavy atom. The van der Waals surface area contributed by atoms with Crippen LogP contribution in [0.4, 0.5) is 4.39 Å². The van der Waals surface area contributed by atoms with E-state index in [-0.39, 0.29) is 6.61 Å². The first-order valence-corrected chi connectivity index (χ1v) is 6.77. The summed E-state index contributed by atoms with van der Waals surface area (Å²) < 4.78 is 18.8. The van der Waals surface area contributed by atoms with Gasteiger partial charge in [0.25, 0.3) is 0 Å². The third kappa shape index (κ3) is 3.63. The van der Waals surface area contributed by atoms with Crippen LogP contribution in [-0.4, -0.2) is 5.11 Å². The topological polar surface area (TPSA) is 29.5 Å². The average molecular weight is 315 g/mol. The lowest BCUT2D eigenvalue weighted by molar-refractivity contribution is 0.189. The molecule has 2 rings (SSSR count). The van der Waals surface area contributed by atoms with E-state index in [0.717, 1.165) is 5.56 Å². The van der Waals surface area contributed by atoms with Crippen LogP contribution in [0.3, 0.4) is 0 Å². The zero-order chi connectivity index (χ0) is 14.7. The maximum Gasteiger partial charge on any atom is 0.125 e. The quantitative estimate of drug-likeness (QED) is 0.881. The fourth-order valence-corrected chi connectivity index (χ4v) is 2.09. The fraction of sp³-hybridized carbons (Fsp3) is 0.200. The summed E-state index contributed by atoms with van der Waals surface area (Å²) in [4.78, 5) is 0. The van der Waals surface area contributed by atoms with Crippen molar-refractivity contribution in [1.82, 2.24) is 0 Å². The summed E-state index contributed by atoms with van der Waals surface area (Å²) in [6.45, 7) is 1.81. The molecule has 0 bridgehead atoms. The highest BCUT2D eigenvalue weighted by atomic mass is 35.5. The number of halogens is 3. The highest BCUT2D eigenvalue weighted by molar-refractivity contribution is 6.42. The second-order valence-electron chi connectivity index (χ2n) is 4.40. The highest BCUT2D eigenvalue weighted by Gasteiger charge is 2.11. The van der Waals surface area contributed by atoms with Gasteiger partial charge in [-0.25, -0.2) is 4.39 Å². The lowest BCUT2D eigenvalue weighted by Crippen LogP contribution is -2.01. The van der Waals surface area contributed by atoms with E-state index in [1.165, 1.54) is 18.2 Å². The molecule has 2 aromatic carbocycles. The molecule has 0 heterocycles. The van der Waals surface area contributed by atoms with E-state index in [2.05, 4.69) is 0 Å².